The summed E-state index contributed by atoms with van der Waals surface area (Å²) in [7, 11) is 0. The maximum atomic E-state index is 10.5. The van der Waals surface area contributed by atoms with E-state index < -0.39 is 12.1 Å². The van der Waals surface area contributed by atoms with Crippen molar-refractivity contribution in [3.8, 4) is 6.07 Å². The van der Waals surface area contributed by atoms with Crippen molar-refractivity contribution < 1.29 is 14.3 Å². The number of esters is 1. The summed E-state index contributed by atoms with van der Waals surface area (Å²) in [6, 6.07) is 1.85. The molecule has 0 unspecified atom stereocenters. The van der Waals surface area contributed by atoms with E-state index in [1.165, 1.54) is 0 Å². The average Bonchev–Trinajstić information content (AvgIpc) is 2.11. The van der Waals surface area contributed by atoms with E-state index in [9.17, 15) is 4.79 Å². The molecule has 0 aliphatic rings. The fourth-order valence-corrected chi connectivity index (χ4v) is 0.541. The molecule has 4 heteroatoms. The van der Waals surface area contributed by atoms with Gasteiger partial charge in [-0.15, -0.1) is 0 Å². The molecule has 0 N–H and O–H groups in total. The van der Waals surface area contributed by atoms with E-state index in [0.717, 1.165) is 6.08 Å². The largest absolute Gasteiger partial charge is 0.459 e. The van der Waals surface area contributed by atoms with Crippen LogP contribution < -0.4 is 0 Å². The van der Waals surface area contributed by atoms with E-state index in [4.69, 9.17) is 10.00 Å². The summed E-state index contributed by atoms with van der Waals surface area (Å²) < 4.78 is 9.51. The summed E-state index contributed by atoms with van der Waals surface area (Å²) >= 11 is 0. The zero-order valence-electron chi connectivity index (χ0n) is 6.95. The third-order valence-corrected chi connectivity index (χ3v) is 1.06. The Kier molecular flexibility index (Phi) is 5.66. The lowest BCUT2D eigenvalue weighted by Gasteiger charge is -2.07. The van der Waals surface area contributed by atoms with Gasteiger partial charge < -0.3 is 9.47 Å². The van der Waals surface area contributed by atoms with Gasteiger partial charge in [-0.25, -0.2) is 4.79 Å². The number of nitriles is 1. The van der Waals surface area contributed by atoms with Gasteiger partial charge in [0.2, 0.25) is 0 Å². The predicted octanol–water partition coefficient (Wildman–Crippen LogP) is 0.644. The number of ether oxygens (including phenoxy) is 2. The molecule has 1 atom stereocenters. The number of hydrogen-bond acceptors (Lipinski definition) is 4. The van der Waals surface area contributed by atoms with Crippen LogP contribution in [0.5, 0.6) is 0 Å². The summed E-state index contributed by atoms with van der Waals surface area (Å²) in [6.07, 6.45) is 0.360. The van der Waals surface area contributed by atoms with Gasteiger partial charge in [0, 0.05) is 12.7 Å². The molecule has 0 aliphatic carbocycles. The van der Waals surface area contributed by atoms with E-state index in [1.54, 1.807) is 6.92 Å². The highest BCUT2D eigenvalue weighted by Crippen LogP contribution is 1.92. The first-order valence-corrected chi connectivity index (χ1v) is 3.55. The summed E-state index contributed by atoms with van der Waals surface area (Å²) in [5, 5.41) is 8.45. The monoisotopic (exact) mass is 169 g/mol. The minimum atomic E-state index is -0.682. The van der Waals surface area contributed by atoms with Gasteiger partial charge in [-0.2, -0.15) is 5.26 Å². The second-order valence-corrected chi connectivity index (χ2v) is 1.91. The standard InChI is InChI=1S/C8H11NO3/c1-3-8(10)12-6-7(5-9)11-4-2/h3,7H,1,4,6H2,2H3/t7-/m0/s1. The molecule has 0 radical (unpaired) electrons. The van der Waals surface area contributed by atoms with Crippen LogP contribution in [-0.4, -0.2) is 25.3 Å². The summed E-state index contributed by atoms with van der Waals surface area (Å²) in [6.45, 7) is 5.35. The second kappa shape index (κ2) is 6.38. The van der Waals surface area contributed by atoms with Crippen LogP contribution in [0.4, 0.5) is 0 Å². The molecule has 0 aromatic heterocycles. The molecular weight excluding hydrogens is 158 g/mol. The maximum Gasteiger partial charge on any atom is 0.330 e. The van der Waals surface area contributed by atoms with E-state index >= 15 is 0 Å². The summed E-state index contributed by atoms with van der Waals surface area (Å²) in [4.78, 5) is 10.5. The van der Waals surface area contributed by atoms with E-state index in [1.807, 2.05) is 6.07 Å². The van der Waals surface area contributed by atoms with Crippen molar-refractivity contribution in [3.05, 3.63) is 12.7 Å². The molecule has 0 fully saturated rings. The first-order valence-electron chi connectivity index (χ1n) is 3.55. The zero-order valence-corrected chi connectivity index (χ0v) is 6.95. The lowest BCUT2D eigenvalue weighted by Crippen LogP contribution is -2.19. The maximum absolute atomic E-state index is 10.5. The molecule has 4 nitrogen and oxygen atoms in total. The highest BCUT2D eigenvalue weighted by atomic mass is 16.6. The molecule has 12 heavy (non-hydrogen) atoms. The normalized spacial score (nSPS) is 11.3. The van der Waals surface area contributed by atoms with Crippen molar-refractivity contribution in [3.63, 3.8) is 0 Å². The lowest BCUT2D eigenvalue weighted by atomic mass is 10.4. The Balaban J connectivity index is 3.66. The number of nitrogens with zero attached hydrogens (tertiary/aromatic N) is 1. The van der Waals surface area contributed by atoms with Gasteiger partial charge in [0.25, 0.3) is 0 Å². The van der Waals surface area contributed by atoms with Gasteiger partial charge >= 0.3 is 5.97 Å². The number of hydrogen-bond donors (Lipinski definition) is 0. The Morgan fingerprint density at radius 3 is 2.92 bits per heavy atom. The van der Waals surface area contributed by atoms with Crippen molar-refractivity contribution >= 4 is 5.97 Å². The Bertz CT molecular complexity index is 195. The quantitative estimate of drug-likeness (QED) is 0.447. The topological polar surface area (TPSA) is 59.3 Å². The molecule has 0 amide bonds. The van der Waals surface area contributed by atoms with Crippen LogP contribution in [0.25, 0.3) is 0 Å². The Labute approximate surface area is 71.4 Å². The van der Waals surface area contributed by atoms with E-state index in [0.29, 0.717) is 6.61 Å². The van der Waals surface area contributed by atoms with Gasteiger partial charge in [-0.3, -0.25) is 0 Å². The SMILES string of the molecule is C=CC(=O)OC[C@H](C#N)OCC. The highest BCUT2D eigenvalue weighted by Gasteiger charge is 2.08. The third kappa shape index (κ3) is 4.47. The van der Waals surface area contributed by atoms with Crippen LogP contribution in [0, 0.1) is 11.3 Å². The minimum Gasteiger partial charge on any atom is -0.459 e. The van der Waals surface area contributed by atoms with Gasteiger partial charge in [0.1, 0.15) is 6.61 Å². The van der Waals surface area contributed by atoms with Crippen LogP contribution in [0.2, 0.25) is 0 Å². The van der Waals surface area contributed by atoms with Gasteiger partial charge in [-0.05, 0) is 6.92 Å². The molecule has 0 aromatic carbocycles. The fourth-order valence-electron chi connectivity index (χ4n) is 0.541. The molecule has 0 rings (SSSR count). The molecule has 0 heterocycles. The number of carbonyl (C=O) groups excluding carboxylic acids is 1. The predicted molar refractivity (Wildman–Crippen MR) is 42.2 cm³/mol. The third-order valence-electron chi connectivity index (χ3n) is 1.06. The van der Waals surface area contributed by atoms with Crippen molar-refractivity contribution in [2.45, 2.75) is 13.0 Å². The van der Waals surface area contributed by atoms with Crippen LogP contribution in [0.3, 0.4) is 0 Å². The zero-order chi connectivity index (χ0) is 9.40. The molecule has 0 saturated carbocycles. The highest BCUT2D eigenvalue weighted by molar-refractivity contribution is 5.81. The Morgan fingerprint density at radius 1 is 1.83 bits per heavy atom. The van der Waals surface area contributed by atoms with Crippen LogP contribution in [0.1, 0.15) is 6.92 Å². The molecule has 0 saturated heterocycles. The van der Waals surface area contributed by atoms with Crippen molar-refractivity contribution in [1.82, 2.24) is 0 Å². The first kappa shape index (κ1) is 10.7. The van der Waals surface area contributed by atoms with Crippen molar-refractivity contribution in [2.24, 2.45) is 0 Å². The van der Waals surface area contributed by atoms with E-state index in [-0.39, 0.29) is 6.61 Å². The first-order chi connectivity index (χ1) is 5.74. The molecule has 0 aromatic rings. The minimum absolute atomic E-state index is 0.0464. The fraction of sp³-hybridized carbons (Fsp3) is 0.500. The molecule has 0 aliphatic heterocycles. The summed E-state index contributed by atoms with van der Waals surface area (Å²) in [5.74, 6) is -0.546. The van der Waals surface area contributed by atoms with Crippen molar-refractivity contribution in [2.75, 3.05) is 13.2 Å². The lowest BCUT2D eigenvalue weighted by molar-refractivity contribution is -0.140. The molecule has 0 bridgehead atoms. The Hall–Kier alpha value is -1.34. The van der Waals surface area contributed by atoms with Crippen LogP contribution >= 0.6 is 0 Å². The number of rotatable bonds is 5. The van der Waals surface area contributed by atoms with Crippen LogP contribution in [0.15, 0.2) is 12.7 Å². The average molecular weight is 169 g/mol. The van der Waals surface area contributed by atoms with Gasteiger partial charge in [-0.1, -0.05) is 6.58 Å². The smallest absolute Gasteiger partial charge is 0.330 e. The Morgan fingerprint density at radius 2 is 2.50 bits per heavy atom. The molecular formula is C8H11NO3. The van der Waals surface area contributed by atoms with E-state index in [2.05, 4.69) is 11.3 Å². The summed E-state index contributed by atoms with van der Waals surface area (Å²) in [5.41, 5.74) is 0. The second-order valence-electron chi connectivity index (χ2n) is 1.91. The molecule has 0 spiro atoms. The van der Waals surface area contributed by atoms with Crippen molar-refractivity contribution in [1.29, 1.82) is 5.26 Å². The molecule has 66 valence electrons. The van der Waals surface area contributed by atoms with Gasteiger partial charge in [0.15, 0.2) is 6.10 Å². The van der Waals surface area contributed by atoms with Crippen LogP contribution in [-0.2, 0) is 14.3 Å². The number of carbonyl (C=O) groups is 1. The van der Waals surface area contributed by atoms with Gasteiger partial charge in [0.05, 0.1) is 6.07 Å².